The second-order valence-electron chi connectivity index (χ2n) is 2.95. The van der Waals surface area contributed by atoms with Crippen molar-refractivity contribution in [1.29, 1.82) is 0 Å². The highest BCUT2D eigenvalue weighted by Gasteiger charge is 2.42. The van der Waals surface area contributed by atoms with Gasteiger partial charge in [0.05, 0.1) is 11.5 Å². The molecule has 2 aliphatic heterocycles. The van der Waals surface area contributed by atoms with Crippen LogP contribution in [0.2, 0.25) is 0 Å². The molecule has 0 amide bonds. The fourth-order valence-corrected chi connectivity index (χ4v) is 4.00. The van der Waals surface area contributed by atoms with E-state index in [1.165, 1.54) is 0 Å². The van der Waals surface area contributed by atoms with Crippen LogP contribution in [-0.2, 0) is 18.0 Å². The van der Waals surface area contributed by atoms with Crippen molar-refractivity contribution in [3.63, 3.8) is 0 Å². The molecule has 2 aliphatic rings. The van der Waals surface area contributed by atoms with Gasteiger partial charge in [0.15, 0.2) is 0 Å². The number of hydrogen-bond donors (Lipinski definition) is 0. The molecule has 0 saturated carbocycles. The van der Waals surface area contributed by atoms with Crippen LogP contribution in [0.5, 0.6) is 0 Å². The van der Waals surface area contributed by atoms with Crippen LogP contribution < -0.4 is 0 Å². The van der Waals surface area contributed by atoms with Crippen molar-refractivity contribution in [3.05, 3.63) is 0 Å². The van der Waals surface area contributed by atoms with Crippen LogP contribution in [0.4, 0.5) is 0 Å². The summed E-state index contributed by atoms with van der Waals surface area (Å²) < 4.78 is 9.95. The summed E-state index contributed by atoms with van der Waals surface area (Å²) in [6.07, 6.45) is 3.13. The van der Waals surface area contributed by atoms with E-state index >= 15 is 0 Å². The number of carbonyl (C=O) groups excluding carboxylic acids is 2. The molecular weight excluding hydrogens is 180 g/mol. The zero-order valence-electron chi connectivity index (χ0n) is 6.58. The summed E-state index contributed by atoms with van der Waals surface area (Å²) in [7, 11) is -1.76. The average molecular weight is 190 g/mol. The molecule has 5 heteroatoms. The van der Waals surface area contributed by atoms with Crippen molar-refractivity contribution >= 4 is 22.5 Å². The van der Waals surface area contributed by atoms with E-state index in [0.717, 1.165) is 30.8 Å². The summed E-state index contributed by atoms with van der Waals surface area (Å²) in [6.45, 7) is 0. The van der Waals surface area contributed by atoms with Gasteiger partial charge in [-0.25, -0.2) is 9.59 Å². The molecule has 0 radical (unpaired) electrons. The first-order valence-electron chi connectivity index (χ1n) is 3.98. The Labute approximate surface area is 71.9 Å². The average Bonchev–Trinajstić information content (AvgIpc) is 2.29. The zero-order chi connectivity index (χ0) is 8.60. The highest BCUT2D eigenvalue weighted by Crippen LogP contribution is 2.57. The molecule has 4 nitrogen and oxygen atoms in total. The van der Waals surface area contributed by atoms with Gasteiger partial charge in [-0.2, -0.15) is 0 Å². The van der Waals surface area contributed by atoms with E-state index in [9.17, 15) is 9.59 Å². The lowest BCUT2D eigenvalue weighted by molar-refractivity contribution is -0.150. The van der Waals surface area contributed by atoms with Crippen LogP contribution in [0.3, 0.4) is 0 Å². The molecule has 0 aromatic carbocycles. The third-order valence-electron chi connectivity index (χ3n) is 2.03. The maximum atomic E-state index is 10.8. The molecule has 0 aromatic heterocycles. The monoisotopic (exact) mass is 190 g/mol. The Morgan fingerprint density at radius 3 is 1.92 bits per heavy atom. The van der Waals surface area contributed by atoms with Crippen LogP contribution >= 0.6 is 10.6 Å². The Morgan fingerprint density at radius 1 is 0.917 bits per heavy atom. The van der Waals surface area contributed by atoms with E-state index in [1.54, 1.807) is 0 Å². The minimum atomic E-state index is -1.76. The summed E-state index contributed by atoms with van der Waals surface area (Å²) >= 11 is 0. The highest BCUT2D eigenvalue weighted by atomic mass is 32.3. The molecule has 0 aliphatic carbocycles. The minimum Gasteiger partial charge on any atom is -0.334 e. The van der Waals surface area contributed by atoms with Crippen LogP contribution in [0.1, 0.15) is 19.3 Å². The minimum absolute atomic E-state index is 0.741. The molecule has 2 rings (SSSR count). The largest absolute Gasteiger partial charge is 0.441 e. The van der Waals surface area contributed by atoms with Crippen molar-refractivity contribution in [1.82, 2.24) is 0 Å². The predicted molar refractivity (Wildman–Crippen MR) is 43.4 cm³/mol. The van der Waals surface area contributed by atoms with Gasteiger partial charge in [0.2, 0.25) is 0 Å². The van der Waals surface area contributed by atoms with Crippen molar-refractivity contribution in [2.24, 2.45) is 0 Å². The van der Waals surface area contributed by atoms with Gasteiger partial charge in [-0.1, -0.05) is 6.42 Å². The fourth-order valence-electron chi connectivity index (χ4n) is 1.45. The van der Waals surface area contributed by atoms with Crippen molar-refractivity contribution in [2.75, 3.05) is 11.5 Å². The standard InChI is InChI=1S/C7H10O4S/c8-6-7(9)11-12(10-6)4-2-1-3-5-12/h1-5H2. The third-order valence-corrected chi connectivity index (χ3v) is 4.76. The normalized spacial score (nSPS) is 29.7. The molecule has 0 unspecified atom stereocenters. The second-order valence-corrected chi connectivity index (χ2v) is 5.59. The highest BCUT2D eigenvalue weighted by molar-refractivity contribution is 8.26. The van der Waals surface area contributed by atoms with E-state index in [1.807, 2.05) is 0 Å². The van der Waals surface area contributed by atoms with Crippen LogP contribution in [0.25, 0.3) is 0 Å². The van der Waals surface area contributed by atoms with E-state index < -0.39 is 22.5 Å². The zero-order valence-corrected chi connectivity index (χ0v) is 7.39. The molecule has 0 atom stereocenters. The van der Waals surface area contributed by atoms with Gasteiger partial charge in [0.1, 0.15) is 0 Å². The Morgan fingerprint density at radius 2 is 1.42 bits per heavy atom. The maximum Gasteiger partial charge on any atom is 0.441 e. The molecular formula is C7H10O4S. The summed E-state index contributed by atoms with van der Waals surface area (Å²) in [5.41, 5.74) is 0. The number of hydrogen-bond acceptors (Lipinski definition) is 4. The van der Waals surface area contributed by atoms with Crippen molar-refractivity contribution in [3.8, 4) is 0 Å². The molecule has 0 aromatic rings. The van der Waals surface area contributed by atoms with Crippen LogP contribution in [0, 0.1) is 0 Å². The Bertz CT molecular complexity index is 214. The molecule has 2 heterocycles. The Balaban J connectivity index is 2.12. The lowest BCUT2D eigenvalue weighted by Crippen LogP contribution is -2.15. The second kappa shape index (κ2) is 2.65. The molecule has 2 fully saturated rings. The predicted octanol–water partition coefficient (Wildman–Crippen LogP) is 0.905. The molecule has 12 heavy (non-hydrogen) atoms. The van der Waals surface area contributed by atoms with Gasteiger partial charge >= 0.3 is 11.9 Å². The maximum absolute atomic E-state index is 10.8. The number of carbonyl (C=O) groups is 2. The molecule has 0 bridgehead atoms. The quantitative estimate of drug-likeness (QED) is 0.533. The molecule has 0 N–H and O–H groups in total. The van der Waals surface area contributed by atoms with Gasteiger partial charge in [-0.15, -0.1) is 10.6 Å². The summed E-state index contributed by atoms with van der Waals surface area (Å²) in [5.74, 6) is -0.117. The van der Waals surface area contributed by atoms with Gasteiger partial charge in [-0.3, -0.25) is 0 Å². The van der Waals surface area contributed by atoms with E-state index in [2.05, 4.69) is 0 Å². The first-order valence-corrected chi connectivity index (χ1v) is 5.80. The first-order chi connectivity index (χ1) is 5.72. The summed E-state index contributed by atoms with van der Waals surface area (Å²) in [6, 6.07) is 0. The van der Waals surface area contributed by atoms with Crippen LogP contribution in [-0.4, -0.2) is 23.4 Å². The van der Waals surface area contributed by atoms with Crippen molar-refractivity contribution < 1.29 is 18.0 Å². The molecule has 1 spiro atoms. The van der Waals surface area contributed by atoms with Gasteiger partial charge in [-0.05, 0) is 12.8 Å². The number of rotatable bonds is 0. The third kappa shape index (κ3) is 1.18. The van der Waals surface area contributed by atoms with E-state index in [4.69, 9.17) is 8.37 Å². The summed E-state index contributed by atoms with van der Waals surface area (Å²) in [4.78, 5) is 21.5. The van der Waals surface area contributed by atoms with Gasteiger partial charge in [0.25, 0.3) is 0 Å². The molecule has 68 valence electrons. The lowest BCUT2D eigenvalue weighted by Gasteiger charge is -2.38. The SMILES string of the molecule is O=C1OS2(CCCCC2)OC1=O. The van der Waals surface area contributed by atoms with Gasteiger partial charge < -0.3 is 8.37 Å². The summed E-state index contributed by atoms with van der Waals surface area (Å²) in [5, 5.41) is 0. The van der Waals surface area contributed by atoms with E-state index in [-0.39, 0.29) is 0 Å². The fraction of sp³-hybridized carbons (Fsp3) is 0.714. The molecule has 2 saturated heterocycles. The first kappa shape index (κ1) is 7.91. The van der Waals surface area contributed by atoms with Gasteiger partial charge in [0, 0.05) is 0 Å². The lowest BCUT2D eigenvalue weighted by atomic mass is 10.3. The smallest absolute Gasteiger partial charge is 0.334 e. The van der Waals surface area contributed by atoms with E-state index in [0.29, 0.717) is 0 Å². The Kier molecular flexibility index (Phi) is 1.75. The van der Waals surface area contributed by atoms with Crippen molar-refractivity contribution in [2.45, 2.75) is 19.3 Å². The topological polar surface area (TPSA) is 52.6 Å². The Hall–Kier alpha value is -0.710. The van der Waals surface area contributed by atoms with Crippen LogP contribution in [0.15, 0.2) is 0 Å².